The highest BCUT2D eigenvalue weighted by molar-refractivity contribution is 6.29. The number of rotatable bonds is 9. The third-order valence-corrected chi connectivity index (χ3v) is 5.95. The first kappa shape index (κ1) is 23.5. The van der Waals surface area contributed by atoms with Gasteiger partial charge < -0.3 is 14.5 Å². The van der Waals surface area contributed by atoms with E-state index >= 15 is 0 Å². The van der Waals surface area contributed by atoms with Crippen LogP contribution in [0.3, 0.4) is 0 Å². The Morgan fingerprint density at radius 3 is 2.81 bits per heavy atom. The number of likely N-dealkylation sites (N-methyl/N-ethyl adjacent to an activating group) is 1. The Kier molecular flexibility index (Phi) is 8.69. The van der Waals surface area contributed by atoms with E-state index in [0.29, 0.717) is 23.2 Å². The molecule has 1 aliphatic rings. The van der Waals surface area contributed by atoms with Crippen molar-refractivity contribution in [2.45, 2.75) is 19.4 Å². The van der Waals surface area contributed by atoms with Crippen molar-refractivity contribution in [1.29, 1.82) is 0 Å². The van der Waals surface area contributed by atoms with Crippen molar-refractivity contribution in [2.75, 3.05) is 53.9 Å². The summed E-state index contributed by atoms with van der Waals surface area (Å²) in [6.07, 6.45) is 3.86. The fraction of sp³-hybridized carbons (Fsp3) is 0.500. The fourth-order valence-electron chi connectivity index (χ4n) is 4.14. The number of ether oxygens (including phenoxy) is 1. The predicted molar refractivity (Wildman–Crippen MR) is 125 cm³/mol. The average molecular weight is 445 g/mol. The molecule has 0 aliphatic carbocycles. The molecule has 168 valence electrons. The summed E-state index contributed by atoms with van der Waals surface area (Å²) in [5.41, 5.74) is 1.80. The summed E-state index contributed by atoms with van der Waals surface area (Å²) in [6, 6.07) is 11.6. The highest BCUT2D eigenvalue weighted by atomic mass is 35.5. The van der Waals surface area contributed by atoms with Crippen LogP contribution in [0.25, 0.3) is 0 Å². The van der Waals surface area contributed by atoms with E-state index < -0.39 is 0 Å². The Bertz CT molecular complexity index is 861. The molecule has 1 amide bonds. The van der Waals surface area contributed by atoms with Gasteiger partial charge in [0.25, 0.3) is 5.91 Å². The Hall–Kier alpha value is -2.15. The molecule has 1 atom stereocenters. The Labute approximate surface area is 190 Å². The van der Waals surface area contributed by atoms with Crippen molar-refractivity contribution in [2.24, 2.45) is 5.92 Å². The van der Waals surface area contributed by atoms with Crippen LogP contribution in [0.15, 0.2) is 42.6 Å². The van der Waals surface area contributed by atoms with E-state index in [0.717, 1.165) is 51.3 Å². The number of carbonyl (C=O) groups is 1. The van der Waals surface area contributed by atoms with E-state index in [9.17, 15) is 4.79 Å². The topological polar surface area (TPSA) is 48.9 Å². The molecular formula is C24H33ClN4O2. The molecule has 0 radical (unpaired) electrons. The van der Waals surface area contributed by atoms with Crippen LogP contribution in [0.4, 0.5) is 0 Å². The second kappa shape index (κ2) is 11.5. The number of likely N-dealkylation sites (tertiary alicyclic amines) is 1. The van der Waals surface area contributed by atoms with Crippen molar-refractivity contribution < 1.29 is 9.53 Å². The zero-order chi connectivity index (χ0) is 22.2. The van der Waals surface area contributed by atoms with Crippen LogP contribution in [0.2, 0.25) is 5.15 Å². The summed E-state index contributed by atoms with van der Waals surface area (Å²) in [7, 11) is 5.78. The van der Waals surface area contributed by atoms with Gasteiger partial charge in [-0.1, -0.05) is 29.8 Å². The summed E-state index contributed by atoms with van der Waals surface area (Å²) < 4.78 is 5.52. The summed E-state index contributed by atoms with van der Waals surface area (Å²) in [4.78, 5) is 23.8. The van der Waals surface area contributed by atoms with Gasteiger partial charge in [-0.2, -0.15) is 0 Å². The molecule has 3 rings (SSSR count). The minimum absolute atomic E-state index is 0.0213. The van der Waals surface area contributed by atoms with E-state index in [-0.39, 0.29) is 5.91 Å². The van der Waals surface area contributed by atoms with Crippen molar-refractivity contribution in [3.8, 4) is 5.75 Å². The second-order valence-electron chi connectivity index (χ2n) is 8.48. The number of pyridine rings is 1. The van der Waals surface area contributed by atoms with Crippen molar-refractivity contribution in [3.05, 3.63) is 58.9 Å². The summed E-state index contributed by atoms with van der Waals surface area (Å²) >= 11 is 6.03. The number of carbonyl (C=O) groups excluding carboxylic acids is 1. The van der Waals surface area contributed by atoms with Crippen LogP contribution in [0.5, 0.6) is 5.75 Å². The minimum Gasteiger partial charge on any atom is -0.496 e. The minimum atomic E-state index is 0.0213. The number of halogens is 1. The molecule has 0 saturated carbocycles. The number of para-hydroxylation sites is 1. The van der Waals surface area contributed by atoms with Crippen LogP contribution in [0, 0.1) is 5.92 Å². The van der Waals surface area contributed by atoms with Crippen LogP contribution in [0.1, 0.15) is 28.8 Å². The van der Waals surface area contributed by atoms with Gasteiger partial charge in [-0.25, -0.2) is 4.98 Å². The molecule has 2 aromatic rings. The monoisotopic (exact) mass is 444 g/mol. The largest absolute Gasteiger partial charge is 0.496 e. The highest BCUT2D eigenvalue weighted by Crippen LogP contribution is 2.24. The van der Waals surface area contributed by atoms with Gasteiger partial charge in [0.15, 0.2) is 0 Å². The summed E-state index contributed by atoms with van der Waals surface area (Å²) in [6.45, 7) is 5.17. The third kappa shape index (κ3) is 6.92. The quantitative estimate of drug-likeness (QED) is 0.552. The van der Waals surface area contributed by atoms with Gasteiger partial charge in [0.1, 0.15) is 10.9 Å². The van der Waals surface area contributed by atoms with Crippen LogP contribution >= 0.6 is 11.6 Å². The second-order valence-corrected chi connectivity index (χ2v) is 8.86. The summed E-state index contributed by atoms with van der Waals surface area (Å²) in [5.74, 6) is 1.39. The first-order valence-corrected chi connectivity index (χ1v) is 11.2. The van der Waals surface area contributed by atoms with Gasteiger partial charge in [-0.05, 0) is 57.6 Å². The number of nitrogens with zero attached hydrogens (tertiary/aromatic N) is 4. The van der Waals surface area contributed by atoms with Crippen LogP contribution < -0.4 is 4.74 Å². The summed E-state index contributed by atoms with van der Waals surface area (Å²) in [5, 5.41) is 0.346. The van der Waals surface area contributed by atoms with Gasteiger partial charge in [-0.15, -0.1) is 0 Å². The number of hydrogen-bond donors (Lipinski definition) is 0. The molecule has 0 bridgehead atoms. The van der Waals surface area contributed by atoms with Crippen LogP contribution in [-0.2, 0) is 6.54 Å². The average Bonchev–Trinajstić information content (AvgIpc) is 2.76. The lowest BCUT2D eigenvalue weighted by Gasteiger charge is -2.36. The highest BCUT2D eigenvalue weighted by Gasteiger charge is 2.25. The SMILES string of the molecule is COc1ccccc1CN1CCC[C@@H](CN(CCN(C)C)C(=O)c2ccnc(Cl)c2)C1. The lowest BCUT2D eigenvalue weighted by Crippen LogP contribution is -2.44. The van der Waals surface area contributed by atoms with E-state index in [1.807, 2.05) is 31.1 Å². The van der Waals surface area contributed by atoms with E-state index in [2.05, 4.69) is 26.9 Å². The van der Waals surface area contributed by atoms with Gasteiger partial charge >= 0.3 is 0 Å². The molecule has 1 aromatic carbocycles. The molecule has 7 heteroatoms. The molecule has 1 aliphatic heterocycles. The Balaban J connectivity index is 1.67. The normalized spacial score (nSPS) is 17.0. The fourth-order valence-corrected chi connectivity index (χ4v) is 4.32. The Morgan fingerprint density at radius 1 is 1.26 bits per heavy atom. The first-order valence-electron chi connectivity index (χ1n) is 10.9. The Morgan fingerprint density at radius 2 is 2.06 bits per heavy atom. The van der Waals surface area contributed by atoms with Crippen molar-refractivity contribution in [3.63, 3.8) is 0 Å². The zero-order valence-electron chi connectivity index (χ0n) is 18.8. The molecule has 1 saturated heterocycles. The maximum Gasteiger partial charge on any atom is 0.254 e. The number of aromatic nitrogens is 1. The molecule has 1 fully saturated rings. The lowest BCUT2D eigenvalue weighted by atomic mass is 9.96. The molecule has 0 N–H and O–H groups in total. The molecule has 2 heterocycles. The molecule has 0 spiro atoms. The molecule has 31 heavy (non-hydrogen) atoms. The smallest absolute Gasteiger partial charge is 0.254 e. The maximum absolute atomic E-state index is 13.2. The van der Waals surface area contributed by atoms with Gasteiger partial charge in [0.05, 0.1) is 7.11 Å². The molecule has 0 unspecified atom stereocenters. The number of benzene rings is 1. The van der Waals surface area contributed by atoms with Gasteiger partial charge in [-0.3, -0.25) is 9.69 Å². The number of piperidine rings is 1. The maximum atomic E-state index is 13.2. The van der Waals surface area contributed by atoms with Crippen LogP contribution in [-0.4, -0.2) is 79.5 Å². The third-order valence-electron chi connectivity index (χ3n) is 5.75. The van der Waals surface area contributed by atoms with Gasteiger partial charge in [0, 0.05) is 50.0 Å². The predicted octanol–water partition coefficient (Wildman–Crippen LogP) is 3.66. The standard InChI is InChI=1S/C24H33ClN4O2/c1-27(2)13-14-29(24(30)20-10-11-26-23(25)15-20)17-19-7-6-12-28(16-19)18-21-8-4-5-9-22(21)31-3/h4-5,8-11,15,19H,6-7,12-14,16-18H2,1-3H3/t19-/m1/s1. The lowest BCUT2D eigenvalue weighted by molar-refractivity contribution is 0.0660. The number of hydrogen-bond acceptors (Lipinski definition) is 5. The first-order chi connectivity index (χ1) is 15.0. The molecule has 6 nitrogen and oxygen atoms in total. The number of methoxy groups -OCH3 is 1. The van der Waals surface area contributed by atoms with Crippen molar-refractivity contribution >= 4 is 17.5 Å². The molecule has 1 aromatic heterocycles. The van der Waals surface area contributed by atoms with E-state index in [4.69, 9.17) is 16.3 Å². The van der Waals surface area contributed by atoms with E-state index in [1.54, 1.807) is 25.4 Å². The van der Waals surface area contributed by atoms with Crippen molar-refractivity contribution in [1.82, 2.24) is 19.7 Å². The number of amides is 1. The van der Waals surface area contributed by atoms with Gasteiger partial charge in [0.2, 0.25) is 0 Å². The van der Waals surface area contributed by atoms with E-state index in [1.165, 1.54) is 5.56 Å². The molecular weight excluding hydrogens is 412 g/mol. The zero-order valence-corrected chi connectivity index (χ0v) is 19.5.